The molecule has 3 rings (SSSR count). The monoisotopic (exact) mass is 328 g/mol. The lowest BCUT2D eigenvalue weighted by atomic mass is 9.89. The zero-order valence-corrected chi connectivity index (χ0v) is 13.3. The second-order valence-corrected chi connectivity index (χ2v) is 6.07. The van der Waals surface area contributed by atoms with Crippen LogP contribution in [-0.4, -0.2) is 21.4 Å². The Morgan fingerprint density at radius 3 is 2.67 bits per heavy atom. The molecule has 0 radical (unpaired) electrons. The molecular weight excluding hydrogens is 308 g/mol. The van der Waals surface area contributed by atoms with Crippen LogP contribution in [0.2, 0.25) is 0 Å². The van der Waals surface area contributed by atoms with Gasteiger partial charge in [-0.2, -0.15) is 0 Å². The minimum atomic E-state index is -0.460. The van der Waals surface area contributed by atoms with Crippen LogP contribution >= 0.6 is 0 Å². The SMILES string of the molecule is O=C(Cn1cnc2ccccc2c1=O)NNC(=O)C1CCCCC1. The van der Waals surface area contributed by atoms with Gasteiger partial charge in [0.05, 0.1) is 17.2 Å². The molecule has 24 heavy (non-hydrogen) atoms. The fourth-order valence-electron chi connectivity index (χ4n) is 3.01. The lowest BCUT2D eigenvalue weighted by molar-refractivity contribution is -0.132. The number of para-hydroxylation sites is 1. The first-order valence-corrected chi connectivity index (χ1v) is 8.18. The van der Waals surface area contributed by atoms with E-state index in [-0.39, 0.29) is 23.9 Å². The first-order chi connectivity index (χ1) is 11.6. The smallest absolute Gasteiger partial charge is 0.261 e. The van der Waals surface area contributed by atoms with Crippen molar-refractivity contribution in [3.05, 3.63) is 40.9 Å². The molecule has 7 nitrogen and oxygen atoms in total. The zero-order chi connectivity index (χ0) is 16.9. The van der Waals surface area contributed by atoms with Gasteiger partial charge in [-0.05, 0) is 25.0 Å². The molecule has 1 aliphatic carbocycles. The maximum absolute atomic E-state index is 12.3. The molecule has 0 atom stereocenters. The summed E-state index contributed by atoms with van der Waals surface area (Å²) in [6.45, 7) is -0.193. The van der Waals surface area contributed by atoms with E-state index in [0.29, 0.717) is 10.9 Å². The van der Waals surface area contributed by atoms with E-state index in [2.05, 4.69) is 15.8 Å². The van der Waals surface area contributed by atoms with Crippen molar-refractivity contribution in [2.24, 2.45) is 5.92 Å². The van der Waals surface area contributed by atoms with Gasteiger partial charge in [0, 0.05) is 5.92 Å². The van der Waals surface area contributed by atoms with Crippen LogP contribution in [0.1, 0.15) is 32.1 Å². The molecule has 7 heteroatoms. The van der Waals surface area contributed by atoms with Crippen LogP contribution in [0.5, 0.6) is 0 Å². The number of carbonyl (C=O) groups is 2. The summed E-state index contributed by atoms with van der Waals surface area (Å²) >= 11 is 0. The summed E-state index contributed by atoms with van der Waals surface area (Å²) in [6, 6.07) is 6.96. The minimum absolute atomic E-state index is 0.0379. The van der Waals surface area contributed by atoms with Crippen LogP contribution in [0, 0.1) is 5.92 Å². The molecule has 0 aliphatic heterocycles. The lowest BCUT2D eigenvalue weighted by Crippen LogP contribution is -2.46. The van der Waals surface area contributed by atoms with Crippen LogP contribution < -0.4 is 16.4 Å². The van der Waals surface area contributed by atoms with Gasteiger partial charge in [0.2, 0.25) is 5.91 Å². The minimum Gasteiger partial charge on any atom is -0.289 e. The molecule has 2 aromatic rings. The molecule has 1 aliphatic rings. The number of carbonyl (C=O) groups excluding carboxylic acids is 2. The molecule has 0 spiro atoms. The molecule has 0 bridgehead atoms. The number of nitrogens with one attached hydrogen (secondary N) is 2. The highest BCUT2D eigenvalue weighted by Gasteiger charge is 2.21. The predicted octanol–water partition coefficient (Wildman–Crippen LogP) is 1.12. The zero-order valence-electron chi connectivity index (χ0n) is 13.3. The Labute approximate surface area is 139 Å². The number of hydrogen-bond acceptors (Lipinski definition) is 4. The summed E-state index contributed by atoms with van der Waals surface area (Å²) < 4.78 is 1.23. The Morgan fingerprint density at radius 1 is 1.12 bits per heavy atom. The van der Waals surface area contributed by atoms with E-state index in [1.165, 1.54) is 10.9 Å². The number of fused-ring (bicyclic) bond motifs is 1. The second-order valence-electron chi connectivity index (χ2n) is 6.07. The van der Waals surface area contributed by atoms with Crippen molar-refractivity contribution in [3.8, 4) is 0 Å². The van der Waals surface area contributed by atoms with Gasteiger partial charge in [-0.15, -0.1) is 0 Å². The summed E-state index contributed by atoms with van der Waals surface area (Å²) in [7, 11) is 0. The third kappa shape index (κ3) is 3.61. The van der Waals surface area contributed by atoms with Gasteiger partial charge in [0.1, 0.15) is 6.54 Å². The number of hydrogen-bond donors (Lipinski definition) is 2. The van der Waals surface area contributed by atoms with Crippen molar-refractivity contribution < 1.29 is 9.59 Å². The number of amides is 2. The highest BCUT2D eigenvalue weighted by Crippen LogP contribution is 2.23. The summed E-state index contributed by atoms with van der Waals surface area (Å²) in [5.41, 5.74) is 5.14. The molecule has 126 valence electrons. The van der Waals surface area contributed by atoms with Crippen molar-refractivity contribution in [1.29, 1.82) is 0 Å². The van der Waals surface area contributed by atoms with Gasteiger partial charge in [0.15, 0.2) is 0 Å². The normalized spacial score (nSPS) is 15.2. The van der Waals surface area contributed by atoms with Gasteiger partial charge in [0.25, 0.3) is 11.5 Å². The van der Waals surface area contributed by atoms with Crippen molar-refractivity contribution >= 4 is 22.7 Å². The fraction of sp³-hybridized carbons (Fsp3) is 0.412. The van der Waals surface area contributed by atoms with E-state index in [1.807, 2.05) is 0 Å². The van der Waals surface area contributed by atoms with Crippen molar-refractivity contribution in [2.45, 2.75) is 38.6 Å². The first-order valence-electron chi connectivity index (χ1n) is 8.18. The number of nitrogens with zero attached hydrogens (tertiary/aromatic N) is 2. The Kier molecular flexibility index (Phi) is 4.88. The summed E-state index contributed by atoms with van der Waals surface area (Å²) in [4.78, 5) is 40.4. The number of aromatic nitrogens is 2. The van der Waals surface area contributed by atoms with Gasteiger partial charge in [-0.3, -0.25) is 29.8 Å². The van der Waals surface area contributed by atoms with Crippen LogP contribution in [-0.2, 0) is 16.1 Å². The topological polar surface area (TPSA) is 93.1 Å². The molecule has 0 saturated heterocycles. The predicted molar refractivity (Wildman–Crippen MR) is 88.9 cm³/mol. The Bertz CT molecular complexity index is 809. The molecule has 2 amide bonds. The number of rotatable bonds is 3. The summed E-state index contributed by atoms with van der Waals surface area (Å²) in [5, 5.41) is 0.457. The van der Waals surface area contributed by atoms with E-state index in [9.17, 15) is 14.4 Å². The Morgan fingerprint density at radius 2 is 1.88 bits per heavy atom. The average Bonchev–Trinajstić information content (AvgIpc) is 2.63. The number of benzene rings is 1. The lowest BCUT2D eigenvalue weighted by Gasteiger charge is -2.20. The maximum atomic E-state index is 12.3. The molecule has 1 fully saturated rings. The van der Waals surface area contributed by atoms with E-state index in [0.717, 1.165) is 32.1 Å². The van der Waals surface area contributed by atoms with Gasteiger partial charge < -0.3 is 0 Å². The first kappa shape index (κ1) is 16.2. The highest BCUT2D eigenvalue weighted by atomic mass is 16.2. The summed E-state index contributed by atoms with van der Waals surface area (Å²) in [5.74, 6) is -0.658. The van der Waals surface area contributed by atoms with Crippen LogP contribution in [0.15, 0.2) is 35.4 Å². The molecular formula is C17H20N4O3. The fourth-order valence-corrected chi connectivity index (χ4v) is 3.01. The third-order valence-corrected chi connectivity index (χ3v) is 4.35. The van der Waals surface area contributed by atoms with Gasteiger partial charge in [-0.1, -0.05) is 31.4 Å². The summed E-state index contributed by atoms with van der Waals surface area (Å²) in [6.07, 6.45) is 6.31. The molecule has 1 aromatic heterocycles. The maximum Gasteiger partial charge on any atom is 0.261 e. The standard InChI is InChI=1S/C17H20N4O3/c22-15(19-20-16(23)12-6-2-1-3-7-12)10-21-11-18-14-9-5-4-8-13(14)17(21)24/h4-5,8-9,11-12H,1-3,6-7,10H2,(H,19,22)(H,20,23). The van der Waals surface area contributed by atoms with Gasteiger partial charge >= 0.3 is 0 Å². The van der Waals surface area contributed by atoms with Crippen LogP contribution in [0.3, 0.4) is 0 Å². The van der Waals surface area contributed by atoms with E-state index < -0.39 is 5.91 Å². The Hall–Kier alpha value is -2.70. The van der Waals surface area contributed by atoms with E-state index in [4.69, 9.17) is 0 Å². The molecule has 1 saturated carbocycles. The number of hydrazine groups is 1. The van der Waals surface area contributed by atoms with Crippen LogP contribution in [0.25, 0.3) is 10.9 Å². The Balaban J connectivity index is 1.60. The van der Waals surface area contributed by atoms with E-state index >= 15 is 0 Å². The molecule has 0 unspecified atom stereocenters. The molecule has 1 aromatic carbocycles. The van der Waals surface area contributed by atoms with Crippen molar-refractivity contribution in [3.63, 3.8) is 0 Å². The molecule has 1 heterocycles. The third-order valence-electron chi connectivity index (χ3n) is 4.35. The van der Waals surface area contributed by atoms with Crippen molar-refractivity contribution in [2.75, 3.05) is 0 Å². The average molecular weight is 328 g/mol. The van der Waals surface area contributed by atoms with Crippen LogP contribution in [0.4, 0.5) is 0 Å². The highest BCUT2D eigenvalue weighted by molar-refractivity contribution is 5.83. The quantitative estimate of drug-likeness (QED) is 0.826. The van der Waals surface area contributed by atoms with Crippen molar-refractivity contribution in [1.82, 2.24) is 20.4 Å². The second kappa shape index (κ2) is 7.25. The largest absolute Gasteiger partial charge is 0.289 e. The van der Waals surface area contributed by atoms with E-state index in [1.54, 1.807) is 24.3 Å². The van der Waals surface area contributed by atoms with Gasteiger partial charge in [-0.25, -0.2) is 4.98 Å². The molecule has 2 N–H and O–H groups in total.